The van der Waals surface area contributed by atoms with Crippen LogP contribution in [0.2, 0.25) is 5.15 Å². The lowest BCUT2D eigenvalue weighted by Crippen LogP contribution is -2.08. The fourth-order valence-corrected chi connectivity index (χ4v) is 1.98. The molecular formula is C13H9ClF4N2. The molecule has 0 fully saturated rings. The van der Waals surface area contributed by atoms with Crippen molar-refractivity contribution < 1.29 is 17.6 Å². The van der Waals surface area contributed by atoms with Crippen LogP contribution >= 0.6 is 11.6 Å². The van der Waals surface area contributed by atoms with E-state index in [0.717, 1.165) is 12.1 Å². The number of halogens is 5. The molecule has 0 N–H and O–H groups in total. The first-order valence-corrected chi connectivity index (χ1v) is 5.96. The monoisotopic (exact) mass is 304 g/mol. The lowest BCUT2D eigenvalue weighted by atomic mass is 10.0. The third-order valence-corrected chi connectivity index (χ3v) is 3.11. The highest BCUT2D eigenvalue weighted by atomic mass is 35.5. The first kappa shape index (κ1) is 14.7. The van der Waals surface area contributed by atoms with Gasteiger partial charge >= 0.3 is 6.18 Å². The van der Waals surface area contributed by atoms with E-state index < -0.39 is 17.6 Å². The first-order valence-electron chi connectivity index (χ1n) is 5.58. The fraction of sp³-hybridized carbons (Fsp3) is 0.231. The molecule has 106 valence electrons. The number of aromatic nitrogens is 2. The third kappa shape index (κ3) is 2.75. The quantitative estimate of drug-likeness (QED) is 0.569. The highest BCUT2D eigenvalue weighted by Crippen LogP contribution is 2.35. The number of benzene rings is 1. The van der Waals surface area contributed by atoms with Gasteiger partial charge in [0, 0.05) is 11.1 Å². The molecule has 7 heteroatoms. The predicted octanol–water partition coefficient (Wildman–Crippen LogP) is 4.57. The number of hydrogen-bond acceptors (Lipinski definition) is 2. The van der Waals surface area contributed by atoms with Gasteiger partial charge in [0.05, 0.1) is 11.3 Å². The number of alkyl halides is 3. The van der Waals surface area contributed by atoms with Gasteiger partial charge in [-0.3, -0.25) is 0 Å². The smallest absolute Gasteiger partial charge is 0.233 e. The molecular weight excluding hydrogens is 296 g/mol. The SMILES string of the molecule is Cc1nc(Cl)c(C)c(-c2ccc(F)c(C(F)(F)F)c2)n1. The standard InChI is InChI=1S/C13H9ClF4N2/c1-6-11(19-7(2)20-12(6)14)8-3-4-10(15)9(5-8)13(16,17)18/h3-5H,1-2H3. The highest BCUT2D eigenvalue weighted by molar-refractivity contribution is 6.30. The van der Waals surface area contributed by atoms with Crippen LogP contribution in [-0.2, 0) is 6.18 Å². The summed E-state index contributed by atoms with van der Waals surface area (Å²) in [5.41, 5.74) is -0.490. The second kappa shape index (κ2) is 5.01. The van der Waals surface area contributed by atoms with E-state index in [1.54, 1.807) is 13.8 Å². The topological polar surface area (TPSA) is 25.8 Å². The molecule has 0 unspecified atom stereocenters. The molecule has 0 spiro atoms. The molecule has 0 aliphatic heterocycles. The van der Waals surface area contributed by atoms with Crippen molar-refractivity contribution in [2.45, 2.75) is 20.0 Å². The van der Waals surface area contributed by atoms with E-state index in [1.807, 2.05) is 0 Å². The lowest BCUT2D eigenvalue weighted by Gasteiger charge is -2.12. The zero-order valence-electron chi connectivity index (χ0n) is 10.5. The van der Waals surface area contributed by atoms with E-state index in [-0.39, 0.29) is 16.4 Å². The van der Waals surface area contributed by atoms with Crippen molar-refractivity contribution >= 4 is 11.6 Å². The van der Waals surface area contributed by atoms with Gasteiger partial charge in [-0.1, -0.05) is 11.6 Å². The van der Waals surface area contributed by atoms with Crippen LogP contribution < -0.4 is 0 Å². The highest BCUT2D eigenvalue weighted by Gasteiger charge is 2.34. The van der Waals surface area contributed by atoms with E-state index in [4.69, 9.17) is 11.6 Å². The van der Waals surface area contributed by atoms with Gasteiger partial charge in [0.15, 0.2) is 0 Å². The normalized spacial score (nSPS) is 11.8. The number of aryl methyl sites for hydroxylation is 1. The van der Waals surface area contributed by atoms with Crippen molar-refractivity contribution in [3.05, 3.63) is 46.1 Å². The van der Waals surface area contributed by atoms with E-state index in [2.05, 4.69) is 9.97 Å². The summed E-state index contributed by atoms with van der Waals surface area (Å²) in [5.74, 6) is -0.996. The number of hydrogen-bond donors (Lipinski definition) is 0. The lowest BCUT2D eigenvalue weighted by molar-refractivity contribution is -0.139. The maximum Gasteiger partial charge on any atom is 0.419 e. The van der Waals surface area contributed by atoms with Crippen LogP contribution in [0.1, 0.15) is 17.0 Å². The third-order valence-electron chi connectivity index (χ3n) is 2.74. The Morgan fingerprint density at radius 2 is 1.75 bits per heavy atom. The minimum Gasteiger partial charge on any atom is -0.233 e. The maximum atomic E-state index is 13.3. The summed E-state index contributed by atoms with van der Waals surface area (Å²) in [6, 6.07) is 2.72. The second-order valence-electron chi connectivity index (χ2n) is 4.23. The van der Waals surface area contributed by atoms with Gasteiger partial charge in [-0.2, -0.15) is 13.2 Å². The summed E-state index contributed by atoms with van der Waals surface area (Å²) in [6.07, 6.45) is -4.76. The van der Waals surface area contributed by atoms with Crippen LogP contribution in [0, 0.1) is 19.7 Å². The van der Waals surface area contributed by atoms with Crippen molar-refractivity contribution in [3.63, 3.8) is 0 Å². The van der Waals surface area contributed by atoms with Gasteiger partial charge in [-0.25, -0.2) is 14.4 Å². The predicted molar refractivity (Wildman–Crippen MR) is 66.9 cm³/mol. The van der Waals surface area contributed by atoms with Crippen molar-refractivity contribution in [2.75, 3.05) is 0 Å². The summed E-state index contributed by atoms with van der Waals surface area (Å²) < 4.78 is 51.4. The summed E-state index contributed by atoms with van der Waals surface area (Å²) in [7, 11) is 0. The molecule has 2 rings (SSSR count). The largest absolute Gasteiger partial charge is 0.419 e. The zero-order chi connectivity index (χ0) is 15.1. The Kier molecular flexibility index (Phi) is 3.69. The molecule has 0 aliphatic carbocycles. The Balaban J connectivity index is 2.66. The molecule has 1 aromatic carbocycles. The van der Waals surface area contributed by atoms with E-state index >= 15 is 0 Å². The van der Waals surface area contributed by atoms with E-state index in [9.17, 15) is 17.6 Å². The molecule has 0 bridgehead atoms. The van der Waals surface area contributed by atoms with Crippen LogP contribution in [-0.4, -0.2) is 9.97 Å². The fourth-order valence-electron chi connectivity index (χ4n) is 1.77. The molecule has 0 saturated carbocycles. The molecule has 2 nitrogen and oxygen atoms in total. The number of nitrogens with zero attached hydrogens (tertiary/aromatic N) is 2. The van der Waals surface area contributed by atoms with E-state index in [0.29, 0.717) is 11.4 Å². The first-order chi connectivity index (χ1) is 9.20. The average Bonchev–Trinajstić information content (AvgIpc) is 2.33. The second-order valence-corrected chi connectivity index (χ2v) is 4.59. The Morgan fingerprint density at radius 3 is 2.35 bits per heavy atom. The summed E-state index contributed by atoms with van der Waals surface area (Å²) in [5, 5.41) is 0.158. The maximum absolute atomic E-state index is 13.3. The van der Waals surface area contributed by atoms with Gasteiger partial charge < -0.3 is 0 Å². The Morgan fingerprint density at radius 1 is 1.10 bits per heavy atom. The number of rotatable bonds is 1. The average molecular weight is 305 g/mol. The Hall–Kier alpha value is -1.69. The molecule has 2 aromatic rings. The van der Waals surface area contributed by atoms with Gasteiger partial charge in [-0.05, 0) is 32.0 Å². The molecule has 1 aromatic heterocycles. The Bertz CT molecular complexity index is 668. The Labute approximate surface area is 117 Å². The molecule has 20 heavy (non-hydrogen) atoms. The van der Waals surface area contributed by atoms with Crippen molar-refractivity contribution in [2.24, 2.45) is 0 Å². The molecule has 0 radical (unpaired) electrons. The molecule has 0 aliphatic rings. The van der Waals surface area contributed by atoms with Crippen LogP contribution in [0.15, 0.2) is 18.2 Å². The van der Waals surface area contributed by atoms with Crippen LogP contribution in [0.5, 0.6) is 0 Å². The molecule has 0 saturated heterocycles. The summed E-state index contributed by atoms with van der Waals surface area (Å²) in [6.45, 7) is 3.16. The summed E-state index contributed by atoms with van der Waals surface area (Å²) >= 11 is 5.88. The van der Waals surface area contributed by atoms with Crippen LogP contribution in [0.4, 0.5) is 17.6 Å². The van der Waals surface area contributed by atoms with Crippen molar-refractivity contribution in [1.29, 1.82) is 0 Å². The minimum absolute atomic E-state index is 0.142. The minimum atomic E-state index is -4.76. The molecule has 1 heterocycles. The van der Waals surface area contributed by atoms with Gasteiger partial charge in [0.25, 0.3) is 0 Å². The van der Waals surface area contributed by atoms with Gasteiger partial charge in [0.2, 0.25) is 0 Å². The van der Waals surface area contributed by atoms with Crippen LogP contribution in [0.3, 0.4) is 0 Å². The van der Waals surface area contributed by atoms with Crippen LogP contribution in [0.25, 0.3) is 11.3 Å². The van der Waals surface area contributed by atoms with E-state index in [1.165, 1.54) is 6.07 Å². The van der Waals surface area contributed by atoms with Crippen molar-refractivity contribution in [3.8, 4) is 11.3 Å². The molecule has 0 amide bonds. The van der Waals surface area contributed by atoms with Gasteiger partial charge in [-0.15, -0.1) is 0 Å². The molecule has 0 atom stereocenters. The zero-order valence-corrected chi connectivity index (χ0v) is 11.3. The summed E-state index contributed by atoms with van der Waals surface area (Å²) in [4.78, 5) is 7.98. The van der Waals surface area contributed by atoms with Crippen molar-refractivity contribution in [1.82, 2.24) is 9.97 Å². The van der Waals surface area contributed by atoms with Gasteiger partial charge in [0.1, 0.15) is 16.8 Å².